The number of carbonyl (C=O) groups is 1. The lowest BCUT2D eigenvalue weighted by atomic mass is 10.2. The summed E-state index contributed by atoms with van der Waals surface area (Å²) in [6.07, 6.45) is 0.978. The molecular weight excluding hydrogens is 567 g/mol. The number of para-hydroxylation sites is 1. The largest absolute Gasteiger partial charge is 0.459 e. The van der Waals surface area contributed by atoms with Crippen molar-refractivity contribution in [1.29, 1.82) is 0 Å². The third kappa shape index (κ3) is 7.49. The van der Waals surface area contributed by atoms with Crippen LogP contribution in [0.2, 0.25) is 0 Å². The Hall–Kier alpha value is -3.69. The molecule has 0 bridgehead atoms. The Morgan fingerprint density at radius 1 is 1.40 bits per heavy atom. The zero-order valence-corrected chi connectivity index (χ0v) is 22.9. The molecule has 5 atom stereocenters. The first-order chi connectivity index (χ1) is 19.0. The number of nitrogens with two attached hydrogens (primary N) is 1. The minimum atomic E-state index is -4.19. The second-order valence-corrected chi connectivity index (χ2v) is 11.7. The molecule has 0 amide bonds. The molecular formula is C23H27N6O9PS. The van der Waals surface area contributed by atoms with Crippen molar-refractivity contribution >= 4 is 43.7 Å². The zero-order chi connectivity index (χ0) is 28.9. The average molecular weight is 595 g/mol. The van der Waals surface area contributed by atoms with Gasteiger partial charge in [0.25, 0.3) is 0 Å². The molecule has 0 spiro atoms. The van der Waals surface area contributed by atoms with Crippen LogP contribution in [0.15, 0.2) is 69.3 Å². The number of furan rings is 1. The molecule has 15 nitrogen and oxygen atoms in total. The molecule has 0 aliphatic carbocycles. The summed E-state index contributed by atoms with van der Waals surface area (Å²) in [5.41, 5.74) is 5.60. The molecule has 3 heterocycles. The standard InChI is InChI=1S/C23H27N6O9PS/c1-14(22(31)35-11-17-8-9-20(37-17)29(32)33)27-39(34,38-16-6-4-3-5-7-16)36-12-19-18(30)10-21(40-19)28-13-25-23(24)26-15(28)2/h3-9,13-14,18-19,21,30H,2,10-12H2,1H3,(H2,24,26)(H,27,34)/t14-,18+,19+,21+,39?/m0/s1. The first kappa shape index (κ1) is 29.3. The smallest absolute Gasteiger partial charge is 0.456 e. The maximum absolute atomic E-state index is 13.8. The van der Waals surface area contributed by atoms with Crippen molar-refractivity contribution in [1.82, 2.24) is 9.99 Å². The maximum atomic E-state index is 13.8. The van der Waals surface area contributed by atoms with Gasteiger partial charge < -0.3 is 29.4 Å². The van der Waals surface area contributed by atoms with Crippen molar-refractivity contribution < 1.29 is 37.6 Å². The minimum Gasteiger partial charge on any atom is -0.456 e. The molecule has 1 unspecified atom stereocenters. The van der Waals surface area contributed by atoms with E-state index < -0.39 is 41.9 Å². The number of thioether (sulfide) groups is 1. The van der Waals surface area contributed by atoms with E-state index in [4.69, 9.17) is 23.9 Å². The van der Waals surface area contributed by atoms with E-state index >= 15 is 0 Å². The summed E-state index contributed by atoms with van der Waals surface area (Å²) in [6, 6.07) is 9.47. The van der Waals surface area contributed by atoms with E-state index in [-0.39, 0.29) is 36.1 Å². The van der Waals surface area contributed by atoms with Gasteiger partial charge in [-0.15, -0.1) is 11.8 Å². The fourth-order valence-electron chi connectivity index (χ4n) is 3.66. The Balaban J connectivity index is 1.38. The molecule has 1 saturated heterocycles. The van der Waals surface area contributed by atoms with Gasteiger partial charge >= 0.3 is 19.6 Å². The third-order valence-electron chi connectivity index (χ3n) is 5.64. The highest BCUT2D eigenvalue weighted by molar-refractivity contribution is 8.00. The van der Waals surface area contributed by atoms with Crippen LogP contribution < -0.4 is 15.3 Å². The maximum Gasteiger partial charge on any atom is 0.459 e. The van der Waals surface area contributed by atoms with Crippen molar-refractivity contribution in [3.05, 3.63) is 70.7 Å². The molecule has 0 radical (unpaired) electrons. The first-order valence-corrected chi connectivity index (χ1v) is 14.4. The van der Waals surface area contributed by atoms with Gasteiger partial charge in [-0.3, -0.25) is 19.4 Å². The van der Waals surface area contributed by atoms with Gasteiger partial charge in [0.2, 0.25) is 5.96 Å². The molecule has 40 heavy (non-hydrogen) atoms. The summed E-state index contributed by atoms with van der Waals surface area (Å²) in [5, 5.41) is 23.2. The molecule has 1 aromatic heterocycles. The summed E-state index contributed by atoms with van der Waals surface area (Å²) in [6.45, 7) is 4.67. The van der Waals surface area contributed by atoms with Gasteiger partial charge in [0.1, 0.15) is 41.2 Å². The Morgan fingerprint density at radius 2 is 2.15 bits per heavy atom. The van der Waals surface area contributed by atoms with Crippen LogP contribution in [-0.2, 0) is 25.2 Å². The summed E-state index contributed by atoms with van der Waals surface area (Å²) < 4.78 is 35.2. The SMILES string of the molecule is C=C1N=C(N)N=CN1[C@H]1C[C@@H](O)[C@@H](COP(=O)(N[C@@H](C)C(=O)OCc2ccc([N+](=O)[O-])o2)Oc2ccccc2)S1. The number of aliphatic hydroxyl groups is 1. The summed E-state index contributed by atoms with van der Waals surface area (Å²) in [7, 11) is -4.19. The van der Waals surface area contributed by atoms with Crippen molar-refractivity contribution in [3.8, 4) is 5.75 Å². The number of carbonyl (C=O) groups excluding carboxylic acids is 1. The predicted octanol–water partition coefficient (Wildman–Crippen LogP) is 2.74. The second kappa shape index (κ2) is 12.7. The number of nitro groups is 1. The van der Waals surface area contributed by atoms with Crippen LogP contribution >= 0.6 is 19.5 Å². The number of ether oxygens (including phenoxy) is 1. The van der Waals surface area contributed by atoms with E-state index in [0.717, 1.165) is 6.07 Å². The molecule has 0 saturated carbocycles. The van der Waals surface area contributed by atoms with Crippen molar-refractivity contribution in [2.24, 2.45) is 15.7 Å². The lowest BCUT2D eigenvalue weighted by molar-refractivity contribution is -0.402. The number of guanidine groups is 1. The zero-order valence-electron chi connectivity index (χ0n) is 21.2. The highest BCUT2D eigenvalue weighted by Crippen LogP contribution is 2.47. The van der Waals surface area contributed by atoms with E-state index in [0.29, 0.717) is 12.2 Å². The number of esters is 1. The molecule has 4 N–H and O–H groups in total. The third-order valence-corrected chi connectivity index (χ3v) is 8.81. The Labute approximate surface area is 232 Å². The Kier molecular flexibility index (Phi) is 9.27. The number of benzene rings is 1. The molecule has 2 aliphatic heterocycles. The number of hydrogen-bond acceptors (Lipinski definition) is 14. The van der Waals surface area contributed by atoms with Crippen LogP contribution in [0.3, 0.4) is 0 Å². The summed E-state index contributed by atoms with van der Waals surface area (Å²) in [5.74, 6) is -0.603. The monoisotopic (exact) mass is 594 g/mol. The topological polar surface area (TPSA) is 204 Å². The lowest BCUT2D eigenvalue weighted by Gasteiger charge is -2.27. The summed E-state index contributed by atoms with van der Waals surface area (Å²) >= 11 is 1.35. The fourth-order valence-corrected chi connectivity index (χ4v) is 6.74. The Morgan fingerprint density at radius 3 is 2.83 bits per heavy atom. The van der Waals surface area contributed by atoms with Gasteiger partial charge in [0.15, 0.2) is 0 Å². The van der Waals surface area contributed by atoms with Crippen molar-refractivity contribution in [2.75, 3.05) is 6.61 Å². The molecule has 17 heteroatoms. The van der Waals surface area contributed by atoms with Gasteiger partial charge in [0.05, 0.1) is 29.4 Å². The van der Waals surface area contributed by atoms with Gasteiger partial charge in [-0.05, 0) is 25.1 Å². The van der Waals surface area contributed by atoms with E-state index in [1.165, 1.54) is 31.1 Å². The van der Waals surface area contributed by atoms with Crippen molar-refractivity contribution in [2.45, 2.75) is 42.7 Å². The summed E-state index contributed by atoms with van der Waals surface area (Å²) in [4.78, 5) is 32.3. The molecule has 2 aromatic rings. The highest BCUT2D eigenvalue weighted by Gasteiger charge is 2.41. The Bertz CT molecular complexity index is 1350. The quantitative estimate of drug-likeness (QED) is 0.140. The molecule has 1 aromatic carbocycles. The normalized spacial score (nSPS) is 22.9. The minimum absolute atomic E-state index is 0.0591. The predicted molar refractivity (Wildman–Crippen MR) is 145 cm³/mol. The number of rotatable bonds is 12. The molecule has 1 fully saturated rings. The number of hydrogen-bond donors (Lipinski definition) is 3. The molecule has 2 aliphatic rings. The van der Waals surface area contributed by atoms with Crippen LogP contribution in [-0.4, -0.2) is 62.6 Å². The van der Waals surface area contributed by atoms with Crippen LogP contribution in [0, 0.1) is 10.1 Å². The van der Waals surface area contributed by atoms with Gasteiger partial charge in [0, 0.05) is 6.42 Å². The van der Waals surface area contributed by atoms with Crippen LogP contribution in [0.4, 0.5) is 5.88 Å². The number of nitrogens with zero attached hydrogens (tertiary/aromatic N) is 4. The van der Waals surface area contributed by atoms with E-state index in [2.05, 4.69) is 21.7 Å². The van der Waals surface area contributed by atoms with Gasteiger partial charge in [-0.25, -0.2) is 9.56 Å². The van der Waals surface area contributed by atoms with Gasteiger partial charge in [-0.2, -0.15) is 10.1 Å². The number of nitrogens with one attached hydrogen (secondary N) is 1. The van der Waals surface area contributed by atoms with Crippen LogP contribution in [0.5, 0.6) is 5.75 Å². The van der Waals surface area contributed by atoms with Crippen LogP contribution in [0.1, 0.15) is 19.1 Å². The van der Waals surface area contributed by atoms with Crippen LogP contribution in [0.25, 0.3) is 0 Å². The number of aliphatic hydroxyl groups excluding tert-OH is 1. The van der Waals surface area contributed by atoms with Crippen molar-refractivity contribution in [3.63, 3.8) is 0 Å². The average Bonchev–Trinajstić information content (AvgIpc) is 3.53. The first-order valence-electron chi connectivity index (χ1n) is 11.9. The van der Waals surface area contributed by atoms with E-state index in [1.807, 2.05) is 0 Å². The molecule has 4 rings (SSSR count). The molecule has 214 valence electrons. The van der Waals surface area contributed by atoms with E-state index in [1.54, 1.807) is 35.2 Å². The van der Waals surface area contributed by atoms with Gasteiger partial charge in [-0.1, -0.05) is 24.8 Å². The lowest BCUT2D eigenvalue weighted by Crippen LogP contribution is -2.36. The van der Waals surface area contributed by atoms with E-state index in [9.17, 15) is 24.6 Å². The number of aliphatic imine (C=N–C) groups is 2. The fraction of sp³-hybridized carbons (Fsp3) is 0.348. The highest BCUT2D eigenvalue weighted by atomic mass is 32.2. The second-order valence-electron chi connectivity index (χ2n) is 8.62.